The number of anilines is 1. The number of hydrogen-bond donors (Lipinski definition) is 0. The topological polar surface area (TPSA) is 80.1 Å². The van der Waals surface area contributed by atoms with Crippen LogP contribution in [0.25, 0.3) is 11.3 Å². The second kappa shape index (κ2) is 14.0. The van der Waals surface area contributed by atoms with Gasteiger partial charge >= 0.3 is 0 Å². The van der Waals surface area contributed by atoms with Crippen molar-refractivity contribution in [3.05, 3.63) is 65.4 Å². The normalized spacial score (nSPS) is 17.2. The largest absolute Gasteiger partial charge is 0.497 e. The monoisotopic (exact) mass is 573 g/mol. The lowest BCUT2D eigenvalue weighted by Gasteiger charge is -2.30. The van der Waals surface area contributed by atoms with Gasteiger partial charge in [0.1, 0.15) is 5.75 Å². The van der Waals surface area contributed by atoms with E-state index in [1.54, 1.807) is 18.7 Å². The van der Waals surface area contributed by atoms with Crippen LogP contribution >= 0.6 is 0 Å². The van der Waals surface area contributed by atoms with E-state index in [0.29, 0.717) is 25.3 Å². The summed E-state index contributed by atoms with van der Waals surface area (Å²) in [4.78, 5) is 33.1. The summed E-state index contributed by atoms with van der Waals surface area (Å²) < 4.78 is 12.6. The van der Waals surface area contributed by atoms with E-state index in [1.807, 2.05) is 47.2 Å². The van der Waals surface area contributed by atoms with E-state index in [1.165, 1.54) is 5.56 Å². The third kappa shape index (κ3) is 7.20. The molecule has 0 spiro atoms. The molecule has 0 bridgehead atoms. The number of methoxy groups -OCH3 is 1. The maximum atomic E-state index is 14.0. The Balaban J connectivity index is 1.45. The van der Waals surface area contributed by atoms with Crippen LogP contribution in [0.3, 0.4) is 0 Å². The summed E-state index contributed by atoms with van der Waals surface area (Å²) in [5, 5.41) is 4.63. The molecule has 0 unspecified atom stereocenters. The first kappa shape index (κ1) is 29.8. The fraction of sp³-hybridized carbons (Fsp3) is 0.485. The van der Waals surface area contributed by atoms with Gasteiger partial charge in [-0.25, -0.2) is 0 Å². The Morgan fingerprint density at radius 1 is 0.905 bits per heavy atom. The van der Waals surface area contributed by atoms with Crippen LogP contribution < -0.4 is 9.64 Å². The molecule has 224 valence electrons. The van der Waals surface area contributed by atoms with Gasteiger partial charge in [0, 0.05) is 64.5 Å². The number of rotatable bonds is 5. The van der Waals surface area contributed by atoms with Crippen molar-refractivity contribution < 1.29 is 19.1 Å². The van der Waals surface area contributed by atoms with Crippen molar-refractivity contribution in [3.8, 4) is 17.0 Å². The van der Waals surface area contributed by atoms with E-state index in [2.05, 4.69) is 28.2 Å². The number of morpholine rings is 1. The van der Waals surface area contributed by atoms with Gasteiger partial charge in [-0.3, -0.25) is 19.2 Å². The van der Waals surface area contributed by atoms with Gasteiger partial charge in [0.2, 0.25) is 5.91 Å². The first-order valence-corrected chi connectivity index (χ1v) is 15.1. The number of fused-ring (bicyclic) bond motifs is 1. The lowest BCUT2D eigenvalue weighted by atomic mass is 10.0. The minimum Gasteiger partial charge on any atom is -0.497 e. The summed E-state index contributed by atoms with van der Waals surface area (Å²) in [6, 6.07) is 16.0. The summed E-state index contributed by atoms with van der Waals surface area (Å²) in [6.45, 7) is 7.49. The van der Waals surface area contributed by atoms with Crippen molar-refractivity contribution in [2.24, 2.45) is 7.05 Å². The Hall–Kier alpha value is -3.69. The maximum absolute atomic E-state index is 14.0. The van der Waals surface area contributed by atoms with E-state index in [4.69, 9.17) is 9.47 Å². The molecule has 2 aliphatic rings. The molecule has 0 radical (unpaired) electrons. The molecule has 3 aromatic rings. The van der Waals surface area contributed by atoms with Crippen molar-refractivity contribution in [3.63, 3.8) is 0 Å². The molecule has 3 heterocycles. The molecule has 0 aliphatic carbocycles. The number of nitrogens with zero attached hydrogens (tertiary/aromatic N) is 5. The minimum absolute atomic E-state index is 0.0311. The number of carbonyl (C=O) groups is 2. The second-order valence-electron chi connectivity index (χ2n) is 11.3. The van der Waals surface area contributed by atoms with Gasteiger partial charge in [-0.2, -0.15) is 5.10 Å². The van der Waals surface area contributed by atoms with Crippen LogP contribution in [0.2, 0.25) is 0 Å². The van der Waals surface area contributed by atoms with Gasteiger partial charge in [-0.1, -0.05) is 31.4 Å². The van der Waals surface area contributed by atoms with E-state index < -0.39 is 0 Å². The number of benzene rings is 2. The lowest BCUT2D eigenvalue weighted by molar-refractivity contribution is -0.116. The molecular weight excluding hydrogens is 530 g/mol. The smallest absolute Gasteiger partial charge is 0.274 e. The van der Waals surface area contributed by atoms with Gasteiger partial charge in [0.05, 0.1) is 26.0 Å². The summed E-state index contributed by atoms with van der Waals surface area (Å²) >= 11 is 0. The highest BCUT2D eigenvalue weighted by molar-refractivity contribution is 5.94. The minimum atomic E-state index is -0.0971. The first-order valence-electron chi connectivity index (χ1n) is 15.1. The molecule has 2 aromatic carbocycles. The molecule has 0 N–H and O–H groups in total. The third-order valence-electron chi connectivity index (χ3n) is 8.27. The highest BCUT2D eigenvalue weighted by Gasteiger charge is 2.24. The molecule has 5 rings (SSSR count). The maximum Gasteiger partial charge on any atom is 0.274 e. The molecule has 1 fully saturated rings. The zero-order valence-electron chi connectivity index (χ0n) is 25.2. The second-order valence-corrected chi connectivity index (χ2v) is 11.3. The predicted octanol–water partition coefficient (Wildman–Crippen LogP) is 4.89. The van der Waals surface area contributed by atoms with Gasteiger partial charge in [-0.05, 0) is 60.4 Å². The van der Waals surface area contributed by atoms with Crippen LogP contribution in [-0.2, 0) is 29.7 Å². The third-order valence-corrected chi connectivity index (χ3v) is 8.27. The van der Waals surface area contributed by atoms with Gasteiger partial charge < -0.3 is 19.3 Å². The van der Waals surface area contributed by atoms with E-state index in [-0.39, 0.29) is 11.8 Å². The lowest BCUT2D eigenvalue weighted by Crippen LogP contribution is -2.36. The van der Waals surface area contributed by atoms with Crippen molar-refractivity contribution in [1.29, 1.82) is 0 Å². The molecule has 0 atom stereocenters. The fourth-order valence-corrected chi connectivity index (χ4v) is 5.88. The summed E-state index contributed by atoms with van der Waals surface area (Å²) in [7, 11) is 3.51. The van der Waals surface area contributed by atoms with Crippen molar-refractivity contribution in [1.82, 2.24) is 19.6 Å². The molecule has 1 aromatic heterocycles. The molecule has 42 heavy (non-hydrogen) atoms. The SMILES string of the molecule is COc1ccc(-c2cc(C(=O)N3CCCCCCCN(C(C)=O)c4cc(CN5CCOCC5)ccc4C3)nn2C)cc1. The fourth-order valence-electron chi connectivity index (χ4n) is 5.88. The molecule has 2 aliphatic heterocycles. The number of aryl methyl sites for hydroxylation is 1. The average molecular weight is 574 g/mol. The van der Waals surface area contributed by atoms with Crippen LogP contribution in [0.5, 0.6) is 5.75 Å². The van der Waals surface area contributed by atoms with Crippen molar-refractivity contribution in [2.45, 2.75) is 52.1 Å². The Kier molecular flexibility index (Phi) is 9.92. The van der Waals surface area contributed by atoms with E-state index in [0.717, 1.165) is 93.2 Å². The van der Waals surface area contributed by atoms with Crippen LogP contribution in [0.1, 0.15) is 60.6 Å². The Labute approximate surface area is 249 Å². The number of aromatic nitrogens is 2. The Morgan fingerprint density at radius 3 is 2.33 bits per heavy atom. The molecular formula is C33H43N5O4. The van der Waals surface area contributed by atoms with Gasteiger partial charge in [-0.15, -0.1) is 0 Å². The summed E-state index contributed by atoms with van der Waals surface area (Å²) in [5.74, 6) is 0.714. The quantitative estimate of drug-likeness (QED) is 0.433. The number of carbonyl (C=O) groups excluding carboxylic acids is 2. The van der Waals surface area contributed by atoms with Crippen LogP contribution in [0.4, 0.5) is 5.69 Å². The average Bonchev–Trinajstić information content (AvgIpc) is 3.39. The van der Waals surface area contributed by atoms with Crippen LogP contribution in [0, 0.1) is 0 Å². The molecule has 9 heteroatoms. The Bertz CT molecular complexity index is 1360. The van der Waals surface area contributed by atoms with E-state index >= 15 is 0 Å². The number of amides is 2. The van der Waals surface area contributed by atoms with E-state index in [9.17, 15) is 9.59 Å². The zero-order valence-corrected chi connectivity index (χ0v) is 25.2. The first-order chi connectivity index (χ1) is 20.4. The molecule has 9 nitrogen and oxygen atoms in total. The van der Waals surface area contributed by atoms with Crippen LogP contribution in [-0.4, -0.2) is 77.9 Å². The summed E-state index contributed by atoms with van der Waals surface area (Å²) in [6.07, 6.45) is 5.10. The number of hydrogen-bond acceptors (Lipinski definition) is 6. The van der Waals surface area contributed by atoms with Crippen molar-refractivity contribution >= 4 is 17.5 Å². The predicted molar refractivity (Wildman–Crippen MR) is 164 cm³/mol. The van der Waals surface area contributed by atoms with Crippen molar-refractivity contribution in [2.75, 3.05) is 51.4 Å². The molecule has 0 saturated carbocycles. The Morgan fingerprint density at radius 2 is 1.62 bits per heavy atom. The standard InChI is InChI=1S/C33H43N5O4/c1-25(39)38-16-8-6-4-5-7-15-37(24-28-10-9-26(21-32(28)38)23-36-17-19-42-20-18-36)33(40)30-22-31(35(2)34-30)27-11-13-29(41-3)14-12-27/h9-14,21-22H,4-8,15-20,23-24H2,1-3H3. The summed E-state index contributed by atoms with van der Waals surface area (Å²) in [5.41, 5.74) is 5.31. The van der Waals surface area contributed by atoms with Gasteiger partial charge in [0.25, 0.3) is 5.91 Å². The number of ether oxygens (including phenoxy) is 2. The highest BCUT2D eigenvalue weighted by atomic mass is 16.5. The molecule has 1 saturated heterocycles. The molecule has 2 amide bonds. The van der Waals surface area contributed by atoms with Gasteiger partial charge in [0.15, 0.2) is 5.69 Å². The zero-order chi connectivity index (χ0) is 29.5. The van der Waals surface area contributed by atoms with Crippen LogP contribution in [0.15, 0.2) is 48.5 Å². The highest BCUT2D eigenvalue weighted by Crippen LogP contribution is 2.28.